The first-order valence-electron chi connectivity index (χ1n) is 4.12. The molecule has 1 nitrogen and oxygen atoms in total. The third-order valence-electron chi connectivity index (χ3n) is 2.09. The average Bonchev–Trinajstić information content (AvgIpc) is 2.81. The lowest BCUT2D eigenvalue weighted by molar-refractivity contribution is 0.407. The van der Waals surface area contributed by atoms with Crippen molar-refractivity contribution in [1.29, 1.82) is 0 Å². The second-order valence-corrected chi connectivity index (χ2v) is 4.10. The molecule has 0 aromatic heterocycles. The quantitative estimate of drug-likeness (QED) is 0.707. The van der Waals surface area contributed by atoms with E-state index in [0.29, 0.717) is 6.10 Å². The Hall–Kier alpha value is -0.340. The van der Waals surface area contributed by atoms with Gasteiger partial charge in [-0.25, -0.2) is 0 Å². The number of ether oxygens (including phenoxy) is 1. The summed E-state index contributed by atoms with van der Waals surface area (Å²) in [4.78, 5) is 0. The maximum atomic E-state index is 5.17. The highest BCUT2D eigenvalue weighted by molar-refractivity contribution is 9.10. The molecular formula is C10H11BrO. The number of rotatable bonds is 2. The Morgan fingerprint density at radius 2 is 2.33 bits per heavy atom. The largest absolute Gasteiger partial charge is 0.373 e. The summed E-state index contributed by atoms with van der Waals surface area (Å²) >= 11 is 3.48. The van der Waals surface area contributed by atoms with E-state index in [1.54, 1.807) is 0 Å². The molecule has 2 heteroatoms. The molecule has 1 aromatic carbocycles. The van der Waals surface area contributed by atoms with Gasteiger partial charge in [-0.05, 0) is 24.1 Å². The van der Waals surface area contributed by atoms with Crippen LogP contribution >= 0.6 is 15.9 Å². The van der Waals surface area contributed by atoms with Gasteiger partial charge in [0.05, 0.1) is 12.7 Å². The van der Waals surface area contributed by atoms with Crippen LogP contribution < -0.4 is 0 Å². The molecule has 0 aliphatic carbocycles. The summed E-state index contributed by atoms with van der Waals surface area (Å²) in [5, 5.41) is 0. The molecule has 1 atom stereocenters. The number of halogens is 1. The Kier molecular flexibility index (Phi) is 2.20. The fourth-order valence-corrected chi connectivity index (χ4v) is 1.53. The van der Waals surface area contributed by atoms with E-state index in [-0.39, 0.29) is 0 Å². The van der Waals surface area contributed by atoms with Crippen LogP contribution in [0.15, 0.2) is 22.7 Å². The summed E-state index contributed by atoms with van der Waals surface area (Å²) in [7, 11) is 0. The van der Waals surface area contributed by atoms with Crippen LogP contribution in [0.5, 0.6) is 0 Å². The average molecular weight is 227 g/mol. The molecule has 0 radical (unpaired) electrons. The lowest BCUT2D eigenvalue weighted by Crippen LogP contribution is -1.93. The number of hydrogen-bond donors (Lipinski definition) is 0. The van der Waals surface area contributed by atoms with Crippen LogP contribution in [-0.4, -0.2) is 12.7 Å². The monoisotopic (exact) mass is 226 g/mol. The summed E-state index contributed by atoms with van der Waals surface area (Å²) < 4.78 is 6.35. The highest BCUT2D eigenvalue weighted by Gasteiger charge is 2.22. The fourth-order valence-electron chi connectivity index (χ4n) is 1.28. The van der Waals surface area contributed by atoms with Crippen molar-refractivity contribution in [3.8, 4) is 0 Å². The second kappa shape index (κ2) is 3.19. The Bertz CT molecular complexity index is 292. The first-order valence-corrected chi connectivity index (χ1v) is 4.91. The Labute approximate surface area is 80.9 Å². The lowest BCUT2D eigenvalue weighted by atomic mass is 10.1. The molecule has 0 saturated carbocycles. The van der Waals surface area contributed by atoms with Crippen molar-refractivity contribution in [2.24, 2.45) is 0 Å². The van der Waals surface area contributed by atoms with Gasteiger partial charge in [0.25, 0.3) is 0 Å². The predicted molar refractivity (Wildman–Crippen MR) is 52.3 cm³/mol. The smallest absolute Gasteiger partial charge is 0.0850 e. The molecule has 0 bridgehead atoms. The SMILES string of the molecule is Cc1cc(CC2CO2)ccc1Br. The van der Waals surface area contributed by atoms with E-state index in [1.807, 2.05) is 0 Å². The second-order valence-electron chi connectivity index (χ2n) is 3.24. The van der Waals surface area contributed by atoms with Gasteiger partial charge in [0.1, 0.15) is 0 Å². The van der Waals surface area contributed by atoms with E-state index in [1.165, 1.54) is 15.6 Å². The zero-order valence-corrected chi connectivity index (χ0v) is 8.60. The van der Waals surface area contributed by atoms with E-state index in [2.05, 4.69) is 41.1 Å². The zero-order valence-electron chi connectivity index (χ0n) is 7.01. The van der Waals surface area contributed by atoms with Gasteiger partial charge in [-0.15, -0.1) is 0 Å². The van der Waals surface area contributed by atoms with Crippen LogP contribution in [0.2, 0.25) is 0 Å². The molecule has 1 aromatic rings. The molecule has 1 saturated heterocycles. The van der Waals surface area contributed by atoms with E-state index >= 15 is 0 Å². The van der Waals surface area contributed by atoms with Gasteiger partial charge >= 0.3 is 0 Å². The van der Waals surface area contributed by atoms with E-state index < -0.39 is 0 Å². The third-order valence-corrected chi connectivity index (χ3v) is 2.98. The van der Waals surface area contributed by atoms with Gasteiger partial charge in [-0.2, -0.15) is 0 Å². The molecular weight excluding hydrogens is 216 g/mol. The summed E-state index contributed by atoms with van der Waals surface area (Å²) in [5.41, 5.74) is 2.67. The predicted octanol–water partition coefficient (Wildman–Crippen LogP) is 2.70. The van der Waals surface area contributed by atoms with Crippen molar-refractivity contribution >= 4 is 15.9 Å². The van der Waals surface area contributed by atoms with Crippen molar-refractivity contribution in [3.63, 3.8) is 0 Å². The minimum atomic E-state index is 0.491. The van der Waals surface area contributed by atoms with Crippen molar-refractivity contribution in [3.05, 3.63) is 33.8 Å². The molecule has 0 spiro atoms. The van der Waals surface area contributed by atoms with Crippen molar-refractivity contribution in [1.82, 2.24) is 0 Å². The van der Waals surface area contributed by atoms with Gasteiger partial charge in [0.2, 0.25) is 0 Å². The summed E-state index contributed by atoms with van der Waals surface area (Å²) in [5.74, 6) is 0. The van der Waals surface area contributed by atoms with E-state index in [9.17, 15) is 0 Å². The standard InChI is InChI=1S/C10H11BrO/c1-7-4-8(2-3-10(7)11)5-9-6-12-9/h2-4,9H,5-6H2,1H3. The van der Waals surface area contributed by atoms with Crippen LogP contribution in [-0.2, 0) is 11.2 Å². The minimum Gasteiger partial charge on any atom is -0.373 e. The molecule has 2 rings (SSSR count). The molecule has 1 fully saturated rings. The van der Waals surface area contributed by atoms with Gasteiger partial charge < -0.3 is 4.74 Å². The molecule has 1 unspecified atom stereocenters. The first kappa shape index (κ1) is 8.27. The Morgan fingerprint density at radius 1 is 1.58 bits per heavy atom. The molecule has 1 aliphatic heterocycles. The number of aryl methyl sites for hydroxylation is 1. The van der Waals surface area contributed by atoms with Crippen LogP contribution in [0, 0.1) is 6.92 Å². The molecule has 0 N–H and O–H groups in total. The Morgan fingerprint density at radius 3 is 2.92 bits per heavy atom. The maximum absolute atomic E-state index is 5.17. The molecule has 1 aliphatic rings. The van der Waals surface area contributed by atoms with Crippen molar-refractivity contribution in [2.75, 3.05) is 6.61 Å². The summed E-state index contributed by atoms with van der Waals surface area (Å²) in [6.07, 6.45) is 1.55. The van der Waals surface area contributed by atoms with Gasteiger partial charge in [-0.3, -0.25) is 0 Å². The van der Waals surface area contributed by atoms with E-state index in [4.69, 9.17) is 4.74 Å². The number of benzene rings is 1. The third kappa shape index (κ3) is 1.87. The lowest BCUT2D eigenvalue weighted by Gasteiger charge is -2.01. The highest BCUT2D eigenvalue weighted by Crippen LogP contribution is 2.21. The maximum Gasteiger partial charge on any atom is 0.0850 e. The van der Waals surface area contributed by atoms with Crippen LogP contribution in [0.25, 0.3) is 0 Å². The van der Waals surface area contributed by atoms with Gasteiger partial charge in [0.15, 0.2) is 0 Å². The van der Waals surface area contributed by atoms with E-state index in [0.717, 1.165) is 13.0 Å². The summed E-state index contributed by atoms with van der Waals surface area (Å²) in [6.45, 7) is 3.05. The van der Waals surface area contributed by atoms with Crippen LogP contribution in [0.3, 0.4) is 0 Å². The molecule has 64 valence electrons. The van der Waals surface area contributed by atoms with Crippen LogP contribution in [0.1, 0.15) is 11.1 Å². The zero-order chi connectivity index (χ0) is 8.55. The normalized spacial score (nSPS) is 21.0. The number of hydrogen-bond acceptors (Lipinski definition) is 1. The topological polar surface area (TPSA) is 12.5 Å². The van der Waals surface area contributed by atoms with Crippen LogP contribution in [0.4, 0.5) is 0 Å². The van der Waals surface area contributed by atoms with Gasteiger partial charge in [-0.1, -0.05) is 28.1 Å². The number of epoxide rings is 1. The summed E-state index contributed by atoms with van der Waals surface area (Å²) in [6, 6.07) is 6.47. The minimum absolute atomic E-state index is 0.491. The molecule has 0 amide bonds. The molecule has 1 heterocycles. The Balaban J connectivity index is 2.15. The van der Waals surface area contributed by atoms with Crippen molar-refractivity contribution < 1.29 is 4.74 Å². The molecule has 12 heavy (non-hydrogen) atoms. The first-order chi connectivity index (χ1) is 5.75. The highest BCUT2D eigenvalue weighted by atomic mass is 79.9. The van der Waals surface area contributed by atoms with Crippen molar-refractivity contribution in [2.45, 2.75) is 19.4 Å². The van der Waals surface area contributed by atoms with Gasteiger partial charge in [0, 0.05) is 10.9 Å². The fraction of sp³-hybridized carbons (Fsp3) is 0.400.